The molecule has 0 fully saturated rings. The Hall–Kier alpha value is -2.17. The summed E-state index contributed by atoms with van der Waals surface area (Å²) < 4.78 is 10.7. The van der Waals surface area contributed by atoms with Gasteiger partial charge in [-0.2, -0.15) is 4.57 Å². The van der Waals surface area contributed by atoms with Crippen LogP contribution >= 0.6 is 27.3 Å². The molecule has 0 saturated heterocycles. The van der Waals surface area contributed by atoms with Crippen molar-refractivity contribution in [1.29, 1.82) is 0 Å². The van der Waals surface area contributed by atoms with Gasteiger partial charge in [-0.15, -0.1) is 0 Å². The number of aromatic nitrogens is 1. The Morgan fingerprint density at radius 1 is 1.00 bits per heavy atom. The molecule has 2 aromatic heterocycles. The maximum absolute atomic E-state index is 5.97. The second kappa shape index (κ2) is 6.98. The predicted molar refractivity (Wildman–Crippen MR) is 108 cm³/mol. The third kappa shape index (κ3) is 3.32. The molecular formula is C21H17BrNOS+. The maximum atomic E-state index is 5.97. The first-order valence-electron chi connectivity index (χ1n) is 8.20. The fourth-order valence-electron chi connectivity index (χ4n) is 2.87. The van der Waals surface area contributed by atoms with Crippen molar-refractivity contribution in [2.75, 3.05) is 0 Å². The van der Waals surface area contributed by atoms with E-state index in [-0.39, 0.29) is 0 Å². The summed E-state index contributed by atoms with van der Waals surface area (Å²) >= 11 is 5.26. The second-order valence-corrected chi connectivity index (χ2v) is 7.67. The smallest absolute Gasteiger partial charge is 0.262 e. The summed E-state index contributed by atoms with van der Waals surface area (Å²) in [7, 11) is 0. The Kier molecular flexibility index (Phi) is 4.55. The summed E-state index contributed by atoms with van der Waals surface area (Å²) in [6, 6.07) is 20.7. The first-order valence-corrected chi connectivity index (χ1v) is 9.81. The molecule has 0 radical (unpaired) electrons. The van der Waals surface area contributed by atoms with Crippen LogP contribution in [0.15, 0.2) is 69.6 Å². The minimum absolute atomic E-state index is 0.859. The molecule has 4 rings (SSSR count). The molecule has 0 aliphatic rings. The number of hydrogen-bond donors (Lipinski definition) is 0. The van der Waals surface area contributed by atoms with E-state index in [1.54, 1.807) is 11.3 Å². The van der Waals surface area contributed by atoms with Crippen molar-refractivity contribution >= 4 is 49.6 Å². The van der Waals surface area contributed by atoms with E-state index < -0.39 is 0 Å². The van der Waals surface area contributed by atoms with Gasteiger partial charge in [0.1, 0.15) is 22.8 Å². The number of nitrogens with zero attached hydrogens (tertiary/aromatic N) is 1. The van der Waals surface area contributed by atoms with E-state index in [0.29, 0.717) is 0 Å². The zero-order chi connectivity index (χ0) is 17.2. The molecular weight excluding hydrogens is 394 g/mol. The zero-order valence-corrected chi connectivity index (χ0v) is 16.2. The largest absolute Gasteiger partial charge is 0.457 e. The third-order valence-electron chi connectivity index (χ3n) is 4.10. The lowest BCUT2D eigenvalue weighted by molar-refractivity contribution is -0.665. The maximum Gasteiger partial charge on any atom is 0.262 e. The van der Waals surface area contributed by atoms with Crippen molar-refractivity contribution in [2.45, 2.75) is 13.5 Å². The van der Waals surface area contributed by atoms with Crippen molar-refractivity contribution in [3.63, 3.8) is 0 Å². The Balaban J connectivity index is 1.63. The summed E-state index contributed by atoms with van der Waals surface area (Å²) in [5, 5.41) is 1.23. The van der Waals surface area contributed by atoms with Gasteiger partial charge < -0.3 is 4.42 Å². The molecule has 0 atom stereocenters. The van der Waals surface area contributed by atoms with Crippen LogP contribution in [0, 0.1) is 0 Å². The van der Waals surface area contributed by atoms with Gasteiger partial charge in [0.05, 0.1) is 0 Å². The van der Waals surface area contributed by atoms with Crippen LogP contribution in [0.2, 0.25) is 0 Å². The summed E-state index contributed by atoms with van der Waals surface area (Å²) in [6.45, 7) is 3.13. The van der Waals surface area contributed by atoms with Crippen molar-refractivity contribution in [2.24, 2.45) is 0 Å². The number of hydrogen-bond acceptors (Lipinski definition) is 2. The SMILES string of the molecule is CC[n+]1c(/C=C/c2ccc(-c3ccc(Br)cc3)o2)sc2ccccc21. The summed E-state index contributed by atoms with van der Waals surface area (Å²) in [4.78, 5) is 0. The van der Waals surface area contributed by atoms with Crippen LogP contribution < -0.4 is 4.57 Å². The lowest BCUT2D eigenvalue weighted by atomic mass is 10.2. The first kappa shape index (κ1) is 16.3. The fraction of sp³-hybridized carbons (Fsp3) is 0.0952. The van der Waals surface area contributed by atoms with E-state index >= 15 is 0 Å². The average molecular weight is 411 g/mol. The lowest BCUT2D eigenvalue weighted by Crippen LogP contribution is -2.33. The quantitative estimate of drug-likeness (QED) is 0.355. The zero-order valence-electron chi connectivity index (χ0n) is 13.8. The van der Waals surface area contributed by atoms with E-state index in [2.05, 4.69) is 57.8 Å². The molecule has 2 nitrogen and oxygen atoms in total. The Morgan fingerprint density at radius 3 is 2.60 bits per heavy atom. The van der Waals surface area contributed by atoms with Crippen LogP contribution in [0.5, 0.6) is 0 Å². The molecule has 4 aromatic rings. The van der Waals surface area contributed by atoms with Crippen LogP contribution in [0.3, 0.4) is 0 Å². The van der Waals surface area contributed by atoms with E-state index in [9.17, 15) is 0 Å². The van der Waals surface area contributed by atoms with Gasteiger partial charge in [-0.25, -0.2) is 0 Å². The highest BCUT2D eigenvalue weighted by Gasteiger charge is 2.16. The Bertz CT molecular complexity index is 1040. The highest BCUT2D eigenvalue weighted by atomic mass is 79.9. The number of aryl methyl sites for hydroxylation is 1. The molecule has 2 aromatic carbocycles. The molecule has 2 heterocycles. The normalized spacial score (nSPS) is 11.6. The highest BCUT2D eigenvalue weighted by Crippen LogP contribution is 2.26. The van der Waals surface area contributed by atoms with Gasteiger partial charge in [-0.05, 0) is 43.3 Å². The average Bonchev–Trinajstić information content (AvgIpc) is 3.24. The molecule has 0 aliphatic carbocycles. The number of rotatable bonds is 4. The minimum atomic E-state index is 0.859. The summed E-state index contributed by atoms with van der Waals surface area (Å²) in [6.07, 6.45) is 4.18. The molecule has 0 saturated carbocycles. The van der Waals surface area contributed by atoms with Gasteiger partial charge in [0, 0.05) is 22.2 Å². The molecule has 0 N–H and O–H groups in total. The fourth-order valence-corrected chi connectivity index (χ4v) is 4.26. The van der Waals surface area contributed by atoms with Crippen molar-refractivity contribution < 1.29 is 8.98 Å². The minimum Gasteiger partial charge on any atom is -0.457 e. The van der Waals surface area contributed by atoms with Gasteiger partial charge in [0.15, 0.2) is 0 Å². The van der Waals surface area contributed by atoms with E-state index in [1.165, 1.54) is 15.2 Å². The van der Waals surface area contributed by atoms with Gasteiger partial charge in [-0.1, -0.05) is 51.5 Å². The first-order chi connectivity index (χ1) is 12.2. The lowest BCUT2D eigenvalue weighted by Gasteiger charge is -1.96. The van der Waals surface area contributed by atoms with Crippen LogP contribution in [0.25, 0.3) is 33.7 Å². The third-order valence-corrected chi connectivity index (χ3v) is 5.76. The molecule has 124 valence electrons. The number of thiazole rings is 1. The van der Waals surface area contributed by atoms with Crippen LogP contribution in [-0.4, -0.2) is 0 Å². The van der Waals surface area contributed by atoms with Gasteiger partial charge in [-0.3, -0.25) is 0 Å². The van der Waals surface area contributed by atoms with Gasteiger partial charge in [0.25, 0.3) is 5.01 Å². The summed E-state index contributed by atoms with van der Waals surface area (Å²) in [5.74, 6) is 1.74. The Labute approximate surface area is 159 Å². The van der Waals surface area contributed by atoms with Crippen molar-refractivity contribution in [3.05, 3.63) is 75.9 Å². The predicted octanol–water partition coefficient (Wildman–Crippen LogP) is 6.40. The van der Waals surface area contributed by atoms with E-state index in [4.69, 9.17) is 4.42 Å². The molecule has 0 amide bonds. The molecule has 0 spiro atoms. The second-order valence-electron chi connectivity index (χ2n) is 5.69. The number of halogens is 1. The standard InChI is InChI=1S/C21H17BrNOS/c1-2-23-18-5-3-4-6-20(18)25-21(23)14-12-17-11-13-19(24-17)15-7-9-16(22)10-8-15/h3-14H,2H2,1H3/q+1/b14-12+. The molecule has 0 unspecified atom stereocenters. The van der Waals surface area contributed by atoms with E-state index in [1.807, 2.05) is 42.5 Å². The molecule has 0 bridgehead atoms. The van der Waals surface area contributed by atoms with E-state index in [0.717, 1.165) is 28.1 Å². The van der Waals surface area contributed by atoms with Crippen molar-refractivity contribution in [3.8, 4) is 11.3 Å². The van der Waals surface area contributed by atoms with Crippen molar-refractivity contribution in [1.82, 2.24) is 0 Å². The van der Waals surface area contributed by atoms with Crippen LogP contribution in [0.1, 0.15) is 17.7 Å². The van der Waals surface area contributed by atoms with Gasteiger partial charge in [0.2, 0.25) is 5.52 Å². The number of furan rings is 1. The summed E-state index contributed by atoms with van der Waals surface area (Å²) in [5.41, 5.74) is 2.36. The number of para-hydroxylation sites is 1. The van der Waals surface area contributed by atoms with Crippen LogP contribution in [-0.2, 0) is 6.54 Å². The monoisotopic (exact) mass is 410 g/mol. The Morgan fingerprint density at radius 2 is 1.80 bits per heavy atom. The topological polar surface area (TPSA) is 17.0 Å². The van der Waals surface area contributed by atoms with Crippen LogP contribution in [0.4, 0.5) is 0 Å². The molecule has 4 heteroatoms. The van der Waals surface area contributed by atoms with Gasteiger partial charge >= 0.3 is 0 Å². The highest BCUT2D eigenvalue weighted by molar-refractivity contribution is 9.10. The molecule has 0 aliphatic heterocycles. The molecule has 25 heavy (non-hydrogen) atoms. The number of fused-ring (bicyclic) bond motifs is 1. The number of benzene rings is 2.